The molecule has 0 unspecified atom stereocenters. The van der Waals surface area contributed by atoms with Crippen molar-refractivity contribution in [2.75, 3.05) is 0 Å². The first-order valence-corrected chi connectivity index (χ1v) is 21.1. The molecule has 0 heterocycles. The third kappa shape index (κ3) is 19.2. The molecule has 48 heavy (non-hydrogen) atoms. The van der Waals surface area contributed by atoms with Gasteiger partial charge < -0.3 is 29.8 Å². The minimum Gasteiger partial charge on any atom is -0.508 e. The summed E-state index contributed by atoms with van der Waals surface area (Å²) in [7, 11) is -5.22. The van der Waals surface area contributed by atoms with Crippen LogP contribution in [0.25, 0.3) is 0 Å². The fourth-order valence-electron chi connectivity index (χ4n) is 6.49. The van der Waals surface area contributed by atoms with E-state index in [1.54, 1.807) is 0 Å². The highest BCUT2D eigenvalue weighted by atomic mass is 31.2. The molecule has 9 heteroatoms. The second-order valence-electron chi connectivity index (χ2n) is 13.4. The number of benzene rings is 2. The molecule has 6 N–H and O–H groups in total. The summed E-state index contributed by atoms with van der Waals surface area (Å²) in [5.74, 6) is 1.19. The quantitative estimate of drug-likeness (QED) is 0.0447. The van der Waals surface area contributed by atoms with E-state index < -0.39 is 17.2 Å². The second kappa shape index (κ2) is 27.4. The van der Waals surface area contributed by atoms with Crippen molar-refractivity contribution in [2.24, 2.45) is 0 Å². The van der Waals surface area contributed by atoms with Crippen molar-refractivity contribution in [3.63, 3.8) is 0 Å². The molecule has 0 aliphatic heterocycles. The van der Waals surface area contributed by atoms with Crippen LogP contribution in [0, 0.1) is 13.8 Å². The maximum Gasteiger partial charge on any atom is 0.334 e. The molecule has 0 fully saturated rings. The summed E-state index contributed by atoms with van der Waals surface area (Å²) >= 11 is 0. The fraction of sp³-hybridized carbons (Fsp3) is 0.692. The van der Waals surface area contributed by atoms with E-state index in [4.69, 9.17) is 19.6 Å². The molecule has 0 amide bonds. The number of hydrogen-bond acceptors (Lipinski definition) is 7. The maximum atomic E-state index is 10.7. The Labute approximate surface area is 295 Å². The maximum absolute atomic E-state index is 10.7. The standard InChI is InChI=1S/C39H64O2.H4O5P2/c1-6-9-12-13-14-15-16-17-18-19-20-21-22-23-26-35(36-29-33(24-10-7-2)38(40)27-31(36)4)37-30-34(25-11-8-3)39(41)28-32(37)5;1-6(2)5-7(3)4/h27-30,35,40-41H,6-26H2,1-5H3;1-4H. The van der Waals surface area contributed by atoms with Crippen LogP contribution in [0.3, 0.4) is 0 Å². The van der Waals surface area contributed by atoms with Crippen molar-refractivity contribution >= 4 is 17.2 Å². The van der Waals surface area contributed by atoms with Gasteiger partial charge in [-0.15, -0.1) is 0 Å². The van der Waals surface area contributed by atoms with Crippen LogP contribution in [0.1, 0.15) is 182 Å². The van der Waals surface area contributed by atoms with Gasteiger partial charge in [0.25, 0.3) is 0 Å². The Morgan fingerprint density at radius 3 is 1.15 bits per heavy atom. The highest BCUT2D eigenvalue weighted by molar-refractivity contribution is 7.53. The molecule has 0 spiro atoms. The molecule has 2 rings (SSSR count). The summed E-state index contributed by atoms with van der Waals surface area (Å²) in [4.78, 5) is 31.3. The summed E-state index contributed by atoms with van der Waals surface area (Å²) < 4.78 is 3.60. The van der Waals surface area contributed by atoms with Crippen LogP contribution in [-0.2, 0) is 17.2 Å². The smallest absolute Gasteiger partial charge is 0.334 e. The predicted molar refractivity (Wildman–Crippen MR) is 203 cm³/mol. The molecule has 0 radical (unpaired) electrons. The van der Waals surface area contributed by atoms with Gasteiger partial charge in [-0.2, -0.15) is 0 Å². The first-order chi connectivity index (χ1) is 23.0. The Morgan fingerprint density at radius 2 is 0.833 bits per heavy atom. The molecule has 0 aliphatic rings. The average molecular weight is 711 g/mol. The highest BCUT2D eigenvalue weighted by Crippen LogP contribution is 2.42. The Bertz CT molecular complexity index is 1040. The highest BCUT2D eigenvalue weighted by Gasteiger charge is 2.21. The lowest BCUT2D eigenvalue weighted by Crippen LogP contribution is -2.08. The molecule has 0 aromatic heterocycles. The van der Waals surface area contributed by atoms with Gasteiger partial charge in [0.05, 0.1) is 0 Å². The number of rotatable bonds is 25. The van der Waals surface area contributed by atoms with Gasteiger partial charge >= 0.3 is 17.2 Å². The van der Waals surface area contributed by atoms with E-state index in [0.29, 0.717) is 17.4 Å². The molecule has 0 bridgehead atoms. The third-order valence-electron chi connectivity index (χ3n) is 9.28. The van der Waals surface area contributed by atoms with Crippen molar-refractivity contribution in [1.82, 2.24) is 0 Å². The number of phenolic OH excluding ortho intramolecular Hbond substituents is 2. The summed E-state index contributed by atoms with van der Waals surface area (Å²) in [6, 6.07) is 8.58. The van der Waals surface area contributed by atoms with E-state index in [1.807, 2.05) is 12.1 Å². The lowest BCUT2D eigenvalue weighted by Gasteiger charge is -2.25. The molecule has 7 nitrogen and oxygen atoms in total. The molecular weight excluding hydrogens is 642 g/mol. The number of phenols is 2. The van der Waals surface area contributed by atoms with E-state index >= 15 is 0 Å². The third-order valence-corrected chi connectivity index (χ3v) is 10.4. The minimum atomic E-state index is -2.61. The zero-order valence-corrected chi connectivity index (χ0v) is 32.5. The summed E-state index contributed by atoms with van der Waals surface area (Å²) in [5, 5.41) is 21.4. The van der Waals surface area contributed by atoms with Gasteiger partial charge in [-0.25, -0.2) is 4.31 Å². The van der Waals surface area contributed by atoms with Crippen molar-refractivity contribution in [2.45, 2.75) is 175 Å². The van der Waals surface area contributed by atoms with Crippen LogP contribution >= 0.6 is 17.2 Å². The van der Waals surface area contributed by atoms with Crippen molar-refractivity contribution in [3.05, 3.63) is 57.6 Å². The second-order valence-corrected chi connectivity index (χ2v) is 15.1. The van der Waals surface area contributed by atoms with Crippen LogP contribution in [0.15, 0.2) is 24.3 Å². The van der Waals surface area contributed by atoms with Gasteiger partial charge in [0.2, 0.25) is 0 Å². The van der Waals surface area contributed by atoms with Crippen molar-refractivity contribution in [3.8, 4) is 11.5 Å². The molecule has 0 saturated carbocycles. The number of aromatic hydroxyl groups is 2. The topological polar surface area (TPSA) is 131 Å². The molecule has 0 atom stereocenters. The van der Waals surface area contributed by atoms with Gasteiger partial charge in [0.1, 0.15) is 11.5 Å². The largest absolute Gasteiger partial charge is 0.508 e. The number of unbranched alkanes of at least 4 members (excludes halogenated alkanes) is 15. The Morgan fingerprint density at radius 1 is 0.500 bits per heavy atom. The van der Waals surface area contributed by atoms with Crippen LogP contribution in [0.5, 0.6) is 11.5 Å². The number of aryl methyl sites for hydroxylation is 4. The summed E-state index contributed by atoms with van der Waals surface area (Å²) in [6.07, 6.45) is 26.7. The first kappa shape index (κ1) is 44.7. The molecule has 2 aromatic rings. The number of hydrogen-bond donors (Lipinski definition) is 6. The lowest BCUT2D eigenvalue weighted by atomic mass is 9.80. The Hall–Kier alpha value is -1.30. The Balaban J connectivity index is 0.00000148. The van der Waals surface area contributed by atoms with E-state index in [1.165, 1.54) is 112 Å². The molecule has 276 valence electrons. The van der Waals surface area contributed by atoms with E-state index in [-0.39, 0.29) is 0 Å². The van der Waals surface area contributed by atoms with Gasteiger partial charge in [-0.3, -0.25) is 0 Å². The van der Waals surface area contributed by atoms with Crippen molar-refractivity contribution in [1.29, 1.82) is 0 Å². The molecule has 2 aromatic carbocycles. The average Bonchev–Trinajstić information content (AvgIpc) is 3.02. The molecule has 0 saturated heterocycles. The van der Waals surface area contributed by atoms with Crippen LogP contribution in [-0.4, -0.2) is 29.8 Å². The fourth-order valence-corrected chi connectivity index (χ4v) is 7.01. The first-order valence-electron chi connectivity index (χ1n) is 18.7. The molecular formula is C39H68O7P2. The SMILES string of the molecule is CCCCCCCCCCCCCCCCC(c1cc(CCCC)c(O)cc1C)c1cc(CCCC)c(O)cc1C.OP(O)OP(O)O. The van der Waals surface area contributed by atoms with Crippen LogP contribution < -0.4 is 0 Å². The molecule has 0 aliphatic carbocycles. The van der Waals surface area contributed by atoms with Gasteiger partial charge in [-0.1, -0.05) is 136 Å². The van der Waals surface area contributed by atoms with Crippen LogP contribution in [0.4, 0.5) is 0 Å². The minimum absolute atomic E-state index is 0.300. The van der Waals surface area contributed by atoms with Gasteiger partial charge in [-0.05, 0) is 91.5 Å². The van der Waals surface area contributed by atoms with Gasteiger partial charge in [0.15, 0.2) is 0 Å². The van der Waals surface area contributed by atoms with E-state index in [0.717, 1.165) is 56.1 Å². The summed E-state index contributed by atoms with van der Waals surface area (Å²) in [6.45, 7) is 11.0. The summed E-state index contributed by atoms with van der Waals surface area (Å²) in [5.41, 5.74) is 7.25. The Kier molecular flexibility index (Phi) is 25.6. The monoisotopic (exact) mass is 710 g/mol. The van der Waals surface area contributed by atoms with Crippen LogP contribution in [0.2, 0.25) is 0 Å². The zero-order chi connectivity index (χ0) is 35.7. The zero-order valence-electron chi connectivity index (χ0n) is 30.7. The predicted octanol–water partition coefficient (Wildman–Crippen LogP) is 11.8. The van der Waals surface area contributed by atoms with E-state index in [9.17, 15) is 10.2 Å². The van der Waals surface area contributed by atoms with Gasteiger partial charge in [0, 0.05) is 5.92 Å². The van der Waals surface area contributed by atoms with Crippen molar-refractivity contribution < 1.29 is 34.1 Å². The van der Waals surface area contributed by atoms with E-state index in [2.05, 4.69) is 51.1 Å². The lowest BCUT2D eigenvalue weighted by molar-refractivity contribution is 0.324. The normalized spacial score (nSPS) is 11.5.